The van der Waals surface area contributed by atoms with Crippen LogP contribution in [0.3, 0.4) is 0 Å². The van der Waals surface area contributed by atoms with E-state index in [1.165, 1.54) is 29.8 Å². The van der Waals surface area contributed by atoms with Crippen molar-refractivity contribution in [1.29, 1.82) is 0 Å². The number of β-lactam (4-membered cyclic amide) rings is 1. The first-order valence-corrected chi connectivity index (χ1v) is 9.34. The molecule has 2 heterocycles. The maximum atomic E-state index is 12.1. The van der Waals surface area contributed by atoms with E-state index in [4.69, 9.17) is 0 Å². The number of thioether (sulfide) groups is 1. The zero-order valence-electron chi connectivity index (χ0n) is 13.4. The van der Waals surface area contributed by atoms with Crippen LogP contribution in [-0.2, 0) is 20.4 Å². The van der Waals surface area contributed by atoms with Crippen molar-refractivity contribution >= 4 is 39.3 Å². The number of hydrogen-bond acceptors (Lipinski definition) is 6. The summed E-state index contributed by atoms with van der Waals surface area (Å²) in [7, 11) is -1.20. The summed E-state index contributed by atoms with van der Waals surface area (Å²) in [4.78, 5) is 25.8. The van der Waals surface area contributed by atoms with E-state index in [2.05, 4.69) is 0 Å². The van der Waals surface area contributed by atoms with Crippen LogP contribution in [0.1, 0.15) is 12.5 Å². The average molecular weight is 392 g/mol. The van der Waals surface area contributed by atoms with Gasteiger partial charge in [-0.2, -0.15) is 0 Å². The molecule has 122 valence electrons. The molecule has 0 bridgehead atoms. The average Bonchev–Trinajstić information content (AvgIpc) is 2.82. The van der Waals surface area contributed by atoms with E-state index in [9.17, 15) is 24.0 Å². The number of carbonyl (C=O) groups is 2. The number of rotatable bonds is 4. The number of aliphatic carboxylic acids is 1. The monoisotopic (exact) mass is 391 g/mol. The molecule has 3 rings (SSSR count). The van der Waals surface area contributed by atoms with E-state index in [1.54, 1.807) is 24.3 Å². The molecule has 9 heteroatoms. The Morgan fingerprint density at radius 2 is 2.12 bits per heavy atom. The van der Waals surface area contributed by atoms with Gasteiger partial charge in [-0.15, -0.1) is 0 Å². The summed E-state index contributed by atoms with van der Waals surface area (Å²) < 4.78 is 11.6. The first-order chi connectivity index (χ1) is 10.8. The standard InChI is InChI=1S/C15H15NO5S2.K/c1-7(17)10-13(18)16-11(15(19)20)12(22-14(10)16)8-4-3-5-9(6-8)23(2)21;/h3-7,10,14,17H,1-2H3,(H,19,20);/q;+1/p-1/t7?,10-,14+,23?;/m0./s1. The minimum Gasteiger partial charge on any atom is -0.543 e. The smallest absolute Gasteiger partial charge is 0.543 e. The van der Waals surface area contributed by atoms with Gasteiger partial charge in [-0.3, -0.25) is 13.9 Å². The summed E-state index contributed by atoms with van der Waals surface area (Å²) in [5, 5.41) is 20.8. The molecule has 0 saturated carbocycles. The predicted molar refractivity (Wildman–Crippen MR) is 84.1 cm³/mol. The molecule has 1 amide bonds. The summed E-state index contributed by atoms with van der Waals surface area (Å²) in [6, 6.07) is 6.73. The molecule has 0 radical (unpaired) electrons. The molecule has 0 aliphatic carbocycles. The van der Waals surface area contributed by atoms with Gasteiger partial charge in [0.1, 0.15) is 5.37 Å². The fourth-order valence-electron chi connectivity index (χ4n) is 2.79. The van der Waals surface area contributed by atoms with E-state index < -0.39 is 40.1 Å². The van der Waals surface area contributed by atoms with Gasteiger partial charge in [-0.05, 0) is 24.6 Å². The second kappa shape index (κ2) is 7.71. The van der Waals surface area contributed by atoms with E-state index in [0.29, 0.717) is 15.4 Å². The van der Waals surface area contributed by atoms with Crippen LogP contribution in [-0.4, -0.2) is 43.8 Å². The summed E-state index contributed by atoms with van der Waals surface area (Å²) >= 11 is 1.22. The Hall–Kier alpha value is -0.00364. The first-order valence-electron chi connectivity index (χ1n) is 6.90. The number of carbonyl (C=O) groups excluding carboxylic acids is 2. The summed E-state index contributed by atoms with van der Waals surface area (Å²) in [5.41, 5.74) is 0.398. The van der Waals surface area contributed by atoms with E-state index in [-0.39, 0.29) is 57.1 Å². The molecule has 2 unspecified atom stereocenters. The number of carboxylic acid groups (broad SMARTS) is 1. The summed E-state index contributed by atoms with van der Waals surface area (Å²) in [5.74, 6) is -2.48. The fourth-order valence-corrected chi connectivity index (χ4v) is 4.96. The maximum absolute atomic E-state index is 12.1. The van der Waals surface area contributed by atoms with Gasteiger partial charge in [0, 0.05) is 26.9 Å². The van der Waals surface area contributed by atoms with Crippen molar-refractivity contribution in [2.24, 2.45) is 5.92 Å². The van der Waals surface area contributed by atoms with Crippen molar-refractivity contribution in [3.05, 3.63) is 35.5 Å². The largest absolute Gasteiger partial charge is 1.00 e. The van der Waals surface area contributed by atoms with Crippen molar-refractivity contribution < 1.29 is 75.4 Å². The summed E-state index contributed by atoms with van der Waals surface area (Å²) in [6.07, 6.45) is 0.683. The van der Waals surface area contributed by atoms with Gasteiger partial charge in [-0.25, -0.2) is 0 Å². The third-order valence-electron chi connectivity index (χ3n) is 3.92. The first kappa shape index (κ1) is 20.3. The van der Waals surface area contributed by atoms with Gasteiger partial charge in [0.2, 0.25) is 5.91 Å². The predicted octanol–water partition coefficient (Wildman–Crippen LogP) is -3.24. The normalized spacial score (nSPS) is 24.8. The molecule has 2 aliphatic rings. The zero-order valence-corrected chi connectivity index (χ0v) is 18.1. The van der Waals surface area contributed by atoms with Crippen molar-refractivity contribution in [2.75, 3.05) is 6.26 Å². The number of fused-ring (bicyclic) bond motifs is 1. The van der Waals surface area contributed by atoms with Gasteiger partial charge >= 0.3 is 51.4 Å². The number of aliphatic hydroxyl groups excluding tert-OH is 1. The molecule has 4 atom stereocenters. The number of hydrogen-bond donors (Lipinski definition) is 1. The molecule has 1 aromatic rings. The minimum atomic E-state index is -1.43. The Kier molecular flexibility index (Phi) is 6.52. The SMILES string of the molecule is CC(O)[C@H]1C(=O)N2C(C(=O)[O-])=C(c3cccc(S(C)=O)c3)S[C@H]12.[K+]. The molecule has 1 N–H and O–H groups in total. The van der Waals surface area contributed by atoms with Crippen molar-refractivity contribution in [2.45, 2.75) is 23.3 Å². The topological polar surface area (TPSA) is 97.7 Å². The second-order valence-corrected chi connectivity index (χ2v) is 7.94. The number of nitrogens with zero attached hydrogens (tertiary/aromatic N) is 1. The Labute approximate surface area is 188 Å². The van der Waals surface area contributed by atoms with Gasteiger partial charge in [0.25, 0.3) is 0 Å². The molecular formula is C15H14KNO5S2. The van der Waals surface area contributed by atoms with Crippen molar-refractivity contribution in [1.82, 2.24) is 4.90 Å². The van der Waals surface area contributed by atoms with Crippen LogP contribution < -0.4 is 56.5 Å². The fraction of sp³-hybridized carbons (Fsp3) is 0.333. The molecule has 1 fully saturated rings. The molecular weight excluding hydrogens is 377 g/mol. The maximum Gasteiger partial charge on any atom is 1.00 e. The number of carboxylic acids is 1. The molecule has 1 saturated heterocycles. The van der Waals surface area contributed by atoms with Crippen LogP contribution in [0.5, 0.6) is 0 Å². The Morgan fingerprint density at radius 1 is 1.46 bits per heavy atom. The summed E-state index contributed by atoms with van der Waals surface area (Å²) in [6.45, 7) is 1.51. The van der Waals surface area contributed by atoms with Gasteiger partial charge in [-0.1, -0.05) is 23.9 Å². The minimum absolute atomic E-state index is 0. The van der Waals surface area contributed by atoms with Crippen LogP contribution in [0.15, 0.2) is 34.9 Å². The molecule has 6 nitrogen and oxygen atoms in total. The molecule has 1 aromatic carbocycles. The molecule has 24 heavy (non-hydrogen) atoms. The Morgan fingerprint density at radius 3 is 2.67 bits per heavy atom. The van der Waals surface area contributed by atoms with Gasteiger partial charge in [0.15, 0.2) is 0 Å². The van der Waals surface area contributed by atoms with Crippen LogP contribution in [0.25, 0.3) is 4.91 Å². The van der Waals surface area contributed by atoms with E-state index >= 15 is 0 Å². The van der Waals surface area contributed by atoms with Crippen LogP contribution in [0, 0.1) is 5.92 Å². The third-order valence-corrected chi connectivity index (χ3v) is 6.25. The van der Waals surface area contributed by atoms with Crippen molar-refractivity contribution in [3.63, 3.8) is 0 Å². The number of aliphatic hydroxyl groups is 1. The quantitative estimate of drug-likeness (QED) is 0.428. The van der Waals surface area contributed by atoms with Crippen molar-refractivity contribution in [3.8, 4) is 0 Å². The number of benzene rings is 1. The second-order valence-electron chi connectivity index (χ2n) is 5.43. The Balaban J connectivity index is 0.00000208. The zero-order chi connectivity index (χ0) is 16.9. The van der Waals surface area contributed by atoms with Crippen LogP contribution in [0.2, 0.25) is 0 Å². The van der Waals surface area contributed by atoms with Crippen LogP contribution >= 0.6 is 11.8 Å². The third kappa shape index (κ3) is 3.33. The van der Waals surface area contributed by atoms with E-state index in [1.807, 2.05) is 0 Å². The number of amides is 1. The molecule has 2 aliphatic heterocycles. The van der Waals surface area contributed by atoms with Gasteiger partial charge in [0.05, 0.1) is 23.7 Å². The van der Waals surface area contributed by atoms with E-state index in [0.717, 1.165) is 0 Å². The van der Waals surface area contributed by atoms with Gasteiger partial charge < -0.3 is 15.0 Å². The van der Waals surface area contributed by atoms with Crippen LogP contribution in [0.4, 0.5) is 0 Å². The molecule has 0 spiro atoms. The Bertz CT molecular complexity index is 764. The molecule has 0 aromatic heterocycles.